The zero-order valence-electron chi connectivity index (χ0n) is 23.8. The van der Waals surface area contributed by atoms with E-state index in [-0.39, 0.29) is 5.54 Å². The van der Waals surface area contributed by atoms with Gasteiger partial charge in [0.15, 0.2) is 0 Å². The minimum absolute atomic E-state index is 0.332. The molecule has 2 aliphatic rings. The Hall–Kier alpha value is -5.47. The molecule has 2 heteroatoms. The van der Waals surface area contributed by atoms with E-state index in [0.29, 0.717) is 0 Å². The van der Waals surface area contributed by atoms with Gasteiger partial charge in [-0.1, -0.05) is 121 Å². The number of pyridine rings is 1. The predicted molar refractivity (Wildman–Crippen MR) is 182 cm³/mol. The van der Waals surface area contributed by atoms with Crippen LogP contribution >= 0.6 is 0 Å². The summed E-state index contributed by atoms with van der Waals surface area (Å²) >= 11 is 0. The van der Waals surface area contributed by atoms with Crippen LogP contribution in [0.3, 0.4) is 0 Å². The van der Waals surface area contributed by atoms with Gasteiger partial charge in [-0.3, -0.25) is 4.98 Å². The quantitative estimate of drug-likeness (QED) is 0.217. The van der Waals surface area contributed by atoms with Gasteiger partial charge in [-0.25, -0.2) is 0 Å². The summed E-state index contributed by atoms with van der Waals surface area (Å²) < 4.78 is 0. The van der Waals surface area contributed by atoms with Gasteiger partial charge >= 0.3 is 0 Å². The average molecular weight is 549 g/mol. The van der Waals surface area contributed by atoms with Gasteiger partial charge in [-0.05, 0) is 85.3 Å². The van der Waals surface area contributed by atoms with E-state index in [1.807, 2.05) is 12.3 Å². The average Bonchev–Trinajstić information content (AvgIpc) is 3.07. The smallest absolute Gasteiger partial charge is 0.0939 e. The van der Waals surface area contributed by atoms with Crippen LogP contribution in [0.15, 0.2) is 151 Å². The highest BCUT2D eigenvalue weighted by Gasteiger charge is 2.36. The highest BCUT2D eigenvalue weighted by Crippen LogP contribution is 2.47. The second kappa shape index (κ2) is 9.01. The molecule has 0 unspecified atom stereocenters. The standard InChI is InChI=1S/C41H28N2/c1-41-22-7-6-17-37(41)38(35-21-18-26-12-9-23-42-39(26)40(35)43-41)29-11-8-10-27(24-29)28-19-20-34-32-15-3-2-13-30(32)31-14-4-5-16-33(31)36(34)25-28/h2-25,43H,1H3/t41-/m1/s1. The number of hydrogen-bond acceptors (Lipinski definition) is 2. The number of anilines is 1. The summed E-state index contributed by atoms with van der Waals surface area (Å²) in [5.41, 5.74) is 9.11. The molecule has 1 N–H and O–H groups in total. The van der Waals surface area contributed by atoms with Gasteiger partial charge in [0.25, 0.3) is 0 Å². The molecule has 0 amide bonds. The molecular formula is C41H28N2. The zero-order chi connectivity index (χ0) is 28.5. The molecule has 2 heterocycles. The molecule has 7 aromatic rings. The number of allylic oxidation sites excluding steroid dienone is 2. The highest BCUT2D eigenvalue weighted by atomic mass is 15.0. The maximum Gasteiger partial charge on any atom is 0.0939 e. The van der Waals surface area contributed by atoms with Gasteiger partial charge in [0.2, 0.25) is 0 Å². The molecule has 202 valence electrons. The van der Waals surface area contributed by atoms with Crippen molar-refractivity contribution in [2.75, 3.05) is 5.32 Å². The fourth-order valence-electron chi connectivity index (χ4n) is 7.25. The Morgan fingerprint density at radius 2 is 1.28 bits per heavy atom. The Labute approximate surface area is 250 Å². The van der Waals surface area contributed by atoms with E-state index in [1.165, 1.54) is 65.7 Å². The largest absolute Gasteiger partial charge is 0.370 e. The number of nitrogens with one attached hydrogen (secondary N) is 1. The second-order valence-corrected chi connectivity index (χ2v) is 11.8. The second-order valence-electron chi connectivity index (χ2n) is 11.8. The third kappa shape index (κ3) is 3.57. The fourth-order valence-corrected chi connectivity index (χ4v) is 7.25. The molecule has 6 aromatic carbocycles. The Bertz CT molecular complexity index is 2350. The van der Waals surface area contributed by atoms with Crippen molar-refractivity contribution in [1.29, 1.82) is 0 Å². The topological polar surface area (TPSA) is 24.9 Å². The van der Waals surface area contributed by atoms with Crippen LogP contribution in [0.5, 0.6) is 0 Å². The van der Waals surface area contributed by atoms with Crippen LogP contribution in [-0.4, -0.2) is 10.5 Å². The van der Waals surface area contributed by atoms with Crippen LogP contribution in [0.2, 0.25) is 0 Å². The first kappa shape index (κ1) is 24.2. The number of aromatic nitrogens is 1. The summed E-state index contributed by atoms with van der Waals surface area (Å²) in [6.07, 6.45) is 10.7. The number of benzene rings is 6. The van der Waals surface area contributed by atoms with Crippen molar-refractivity contribution in [2.24, 2.45) is 0 Å². The molecule has 0 radical (unpaired) electrons. The van der Waals surface area contributed by atoms with Crippen LogP contribution in [0.4, 0.5) is 5.69 Å². The summed E-state index contributed by atoms with van der Waals surface area (Å²) in [6.45, 7) is 2.26. The van der Waals surface area contributed by atoms with Crippen molar-refractivity contribution in [3.8, 4) is 11.1 Å². The summed E-state index contributed by atoms with van der Waals surface area (Å²) in [5.74, 6) is 0. The minimum atomic E-state index is -0.332. The lowest BCUT2D eigenvalue weighted by Crippen LogP contribution is -2.39. The lowest BCUT2D eigenvalue weighted by molar-refractivity contribution is 0.753. The van der Waals surface area contributed by atoms with Crippen LogP contribution in [0, 0.1) is 0 Å². The van der Waals surface area contributed by atoms with Gasteiger partial charge in [-0.2, -0.15) is 0 Å². The third-order valence-electron chi connectivity index (χ3n) is 9.29. The highest BCUT2D eigenvalue weighted by molar-refractivity contribution is 6.25. The van der Waals surface area contributed by atoms with Crippen LogP contribution in [-0.2, 0) is 0 Å². The first-order chi connectivity index (χ1) is 21.2. The van der Waals surface area contributed by atoms with E-state index in [2.05, 4.69) is 146 Å². The normalized spacial score (nSPS) is 17.4. The number of hydrogen-bond donors (Lipinski definition) is 1. The lowest BCUT2D eigenvalue weighted by atomic mass is 9.76. The van der Waals surface area contributed by atoms with Crippen molar-refractivity contribution in [2.45, 2.75) is 12.5 Å². The van der Waals surface area contributed by atoms with E-state index in [1.54, 1.807) is 0 Å². The first-order valence-electron chi connectivity index (χ1n) is 14.9. The molecular weight excluding hydrogens is 520 g/mol. The van der Waals surface area contributed by atoms with Gasteiger partial charge in [-0.15, -0.1) is 0 Å². The Morgan fingerprint density at radius 3 is 2.07 bits per heavy atom. The molecule has 0 spiro atoms. The minimum Gasteiger partial charge on any atom is -0.370 e. The monoisotopic (exact) mass is 548 g/mol. The SMILES string of the molecule is C[C@@]12C=CC=CC1=C(c1cccc(-c3ccc4c5ccccc5c5ccccc5c4c3)c1)c1ccc3cccnc3c1N2. The zero-order valence-corrected chi connectivity index (χ0v) is 23.8. The Morgan fingerprint density at radius 1 is 0.581 bits per heavy atom. The van der Waals surface area contributed by atoms with Crippen molar-refractivity contribution in [1.82, 2.24) is 4.98 Å². The van der Waals surface area contributed by atoms with Gasteiger partial charge < -0.3 is 5.32 Å². The molecule has 1 aliphatic heterocycles. The molecule has 1 aliphatic carbocycles. The number of nitrogens with zero attached hydrogens (tertiary/aromatic N) is 1. The molecule has 0 saturated heterocycles. The Balaban J connectivity index is 1.27. The van der Waals surface area contributed by atoms with E-state index in [9.17, 15) is 0 Å². The van der Waals surface area contributed by atoms with Gasteiger partial charge in [0, 0.05) is 17.1 Å². The third-order valence-corrected chi connectivity index (χ3v) is 9.29. The van der Waals surface area contributed by atoms with Crippen LogP contribution in [0.25, 0.3) is 59.9 Å². The number of rotatable bonds is 2. The Kier molecular flexibility index (Phi) is 5.06. The summed E-state index contributed by atoms with van der Waals surface area (Å²) in [5, 5.41) is 12.8. The van der Waals surface area contributed by atoms with Crippen molar-refractivity contribution in [3.63, 3.8) is 0 Å². The molecule has 9 rings (SSSR count). The maximum atomic E-state index is 4.80. The molecule has 1 aromatic heterocycles. The van der Waals surface area contributed by atoms with Gasteiger partial charge in [0.05, 0.1) is 16.7 Å². The van der Waals surface area contributed by atoms with E-state index in [4.69, 9.17) is 4.98 Å². The number of fused-ring (bicyclic) bond motifs is 10. The molecule has 43 heavy (non-hydrogen) atoms. The van der Waals surface area contributed by atoms with Gasteiger partial charge in [0.1, 0.15) is 0 Å². The lowest BCUT2D eigenvalue weighted by Gasteiger charge is -2.39. The maximum absolute atomic E-state index is 4.80. The van der Waals surface area contributed by atoms with Crippen molar-refractivity contribution >= 4 is 54.5 Å². The molecule has 2 nitrogen and oxygen atoms in total. The summed E-state index contributed by atoms with van der Waals surface area (Å²) in [7, 11) is 0. The molecule has 1 atom stereocenters. The fraction of sp³-hybridized carbons (Fsp3) is 0.0488. The molecule has 0 fully saturated rings. The van der Waals surface area contributed by atoms with Crippen molar-refractivity contribution in [3.05, 3.63) is 162 Å². The van der Waals surface area contributed by atoms with E-state index < -0.39 is 0 Å². The van der Waals surface area contributed by atoms with E-state index >= 15 is 0 Å². The van der Waals surface area contributed by atoms with Crippen LogP contribution in [0.1, 0.15) is 18.1 Å². The molecule has 0 saturated carbocycles. The first-order valence-corrected chi connectivity index (χ1v) is 14.9. The molecule has 0 bridgehead atoms. The van der Waals surface area contributed by atoms with Crippen LogP contribution < -0.4 is 5.32 Å². The summed E-state index contributed by atoms with van der Waals surface area (Å²) in [6, 6.07) is 42.1. The van der Waals surface area contributed by atoms with E-state index in [0.717, 1.165) is 16.6 Å². The van der Waals surface area contributed by atoms with Crippen molar-refractivity contribution < 1.29 is 0 Å². The predicted octanol–water partition coefficient (Wildman–Crippen LogP) is 10.5. The summed E-state index contributed by atoms with van der Waals surface area (Å²) in [4.78, 5) is 4.80.